The van der Waals surface area contributed by atoms with E-state index < -0.39 is 23.7 Å². The molecule has 1 aromatic carbocycles. The largest absolute Gasteiger partial charge is 0.491 e. The first kappa shape index (κ1) is 18.1. The highest BCUT2D eigenvalue weighted by Crippen LogP contribution is 2.15. The molecule has 1 amide bonds. The molecule has 0 saturated carbocycles. The molecule has 1 atom stereocenters. The number of amides is 1. The lowest BCUT2D eigenvalue weighted by Crippen LogP contribution is -2.47. The minimum absolute atomic E-state index is 0.0897. The molecule has 0 heterocycles. The van der Waals surface area contributed by atoms with Gasteiger partial charge >= 0.3 is 12.1 Å². The monoisotopic (exact) mass is 329 g/mol. The highest BCUT2D eigenvalue weighted by atomic mass is 35.5. The summed E-state index contributed by atoms with van der Waals surface area (Å²) in [4.78, 5) is 23.4. The number of nitrogens with one attached hydrogen (secondary N) is 1. The van der Waals surface area contributed by atoms with Crippen molar-refractivity contribution in [2.24, 2.45) is 0 Å². The number of halogens is 1. The third-order valence-corrected chi connectivity index (χ3v) is 2.66. The molecular formula is C15H20ClNO5. The van der Waals surface area contributed by atoms with Crippen LogP contribution in [0, 0.1) is 0 Å². The SMILES string of the molecule is COC(=O)C(COc1ccc(Cl)cc1)NC(=O)OC(C)(C)C. The van der Waals surface area contributed by atoms with Gasteiger partial charge in [0.2, 0.25) is 0 Å². The second-order valence-corrected chi connectivity index (χ2v) is 5.92. The van der Waals surface area contributed by atoms with Gasteiger partial charge in [-0.3, -0.25) is 0 Å². The van der Waals surface area contributed by atoms with E-state index in [1.807, 2.05) is 0 Å². The van der Waals surface area contributed by atoms with E-state index in [0.717, 1.165) is 0 Å². The molecule has 0 spiro atoms. The van der Waals surface area contributed by atoms with E-state index in [9.17, 15) is 9.59 Å². The Bertz CT molecular complexity index is 510. The molecule has 1 unspecified atom stereocenters. The van der Waals surface area contributed by atoms with Crippen LogP contribution in [0.5, 0.6) is 5.75 Å². The van der Waals surface area contributed by atoms with Crippen LogP contribution < -0.4 is 10.1 Å². The summed E-state index contributed by atoms with van der Waals surface area (Å²) in [6.45, 7) is 5.09. The zero-order valence-electron chi connectivity index (χ0n) is 13.0. The lowest BCUT2D eigenvalue weighted by molar-refractivity contribution is -0.143. The summed E-state index contributed by atoms with van der Waals surface area (Å²) in [5, 5.41) is 2.99. The lowest BCUT2D eigenvalue weighted by atomic mass is 10.2. The number of hydrogen-bond donors (Lipinski definition) is 1. The number of ether oxygens (including phenoxy) is 3. The Kier molecular flexibility index (Phi) is 6.49. The molecule has 1 aromatic rings. The number of carbonyl (C=O) groups is 2. The van der Waals surface area contributed by atoms with Gasteiger partial charge in [0.25, 0.3) is 0 Å². The van der Waals surface area contributed by atoms with Crippen molar-refractivity contribution in [1.82, 2.24) is 5.32 Å². The summed E-state index contributed by atoms with van der Waals surface area (Å²) in [5.74, 6) is -0.107. The molecule has 1 rings (SSSR count). The van der Waals surface area contributed by atoms with Crippen LogP contribution in [0.4, 0.5) is 4.79 Å². The number of rotatable bonds is 5. The van der Waals surface area contributed by atoms with Crippen molar-refractivity contribution in [2.45, 2.75) is 32.4 Å². The third-order valence-electron chi connectivity index (χ3n) is 2.41. The van der Waals surface area contributed by atoms with Crippen molar-refractivity contribution >= 4 is 23.7 Å². The van der Waals surface area contributed by atoms with Gasteiger partial charge in [0, 0.05) is 5.02 Å². The maximum Gasteiger partial charge on any atom is 0.408 e. The summed E-state index contributed by atoms with van der Waals surface area (Å²) in [6, 6.07) is 5.65. The Morgan fingerprint density at radius 2 is 1.82 bits per heavy atom. The molecule has 0 saturated heterocycles. The molecule has 22 heavy (non-hydrogen) atoms. The van der Waals surface area contributed by atoms with E-state index in [2.05, 4.69) is 10.1 Å². The molecule has 0 aromatic heterocycles. The predicted octanol–water partition coefficient (Wildman–Crippen LogP) is 2.79. The van der Waals surface area contributed by atoms with Gasteiger partial charge in [0.15, 0.2) is 6.04 Å². The van der Waals surface area contributed by atoms with E-state index in [1.165, 1.54) is 7.11 Å². The lowest BCUT2D eigenvalue weighted by Gasteiger charge is -2.22. The maximum absolute atomic E-state index is 11.7. The summed E-state index contributed by atoms with van der Waals surface area (Å²) >= 11 is 5.77. The zero-order valence-corrected chi connectivity index (χ0v) is 13.8. The van der Waals surface area contributed by atoms with Crippen molar-refractivity contribution in [3.63, 3.8) is 0 Å². The molecular weight excluding hydrogens is 310 g/mol. The molecule has 0 aliphatic heterocycles. The fourth-order valence-corrected chi connectivity index (χ4v) is 1.60. The highest BCUT2D eigenvalue weighted by Gasteiger charge is 2.25. The number of hydrogen-bond acceptors (Lipinski definition) is 5. The van der Waals surface area contributed by atoms with Crippen LogP contribution in [0.1, 0.15) is 20.8 Å². The quantitative estimate of drug-likeness (QED) is 0.841. The van der Waals surface area contributed by atoms with Crippen LogP contribution in [0.2, 0.25) is 5.02 Å². The van der Waals surface area contributed by atoms with Crippen LogP contribution in [0.15, 0.2) is 24.3 Å². The zero-order chi connectivity index (χ0) is 16.8. The van der Waals surface area contributed by atoms with Gasteiger partial charge in [0.05, 0.1) is 7.11 Å². The second-order valence-electron chi connectivity index (χ2n) is 5.49. The minimum Gasteiger partial charge on any atom is -0.491 e. The summed E-state index contributed by atoms with van der Waals surface area (Å²) in [5.41, 5.74) is -0.665. The standard InChI is InChI=1S/C15H20ClNO5/c1-15(2,3)22-14(19)17-12(13(18)20-4)9-21-11-7-5-10(16)6-8-11/h5-8,12H,9H2,1-4H3,(H,17,19). The van der Waals surface area contributed by atoms with E-state index in [4.69, 9.17) is 21.1 Å². The Morgan fingerprint density at radius 1 is 1.23 bits per heavy atom. The summed E-state index contributed by atoms with van der Waals surface area (Å²) in [7, 11) is 1.23. The molecule has 0 radical (unpaired) electrons. The van der Waals surface area contributed by atoms with Crippen molar-refractivity contribution in [2.75, 3.05) is 13.7 Å². The second kappa shape index (κ2) is 7.89. The molecule has 0 bridgehead atoms. The van der Waals surface area contributed by atoms with Crippen LogP contribution in [0.3, 0.4) is 0 Å². The van der Waals surface area contributed by atoms with Crippen LogP contribution >= 0.6 is 11.6 Å². The maximum atomic E-state index is 11.7. The Hall–Kier alpha value is -1.95. The molecule has 7 heteroatoms. The first-order valence-electron chi connectivity index (χ1n) is 6.67. The van der Waals surface area contributed by atoms with Gasteiger partial charge in [-0.05, 0) is 45.0 Å². The molecule has 0 aliphatic rings. The third kappa shape index (κ3) is 6.67. The fraction of sp³-hybridized carbons (Fsp3) is 0.467. The highest BCUT2D eigenvalue weighted by molar-refractivity contribution is 6.30. The van der Waals surface area contributed by atoms with E-state index >= 15 is 0 Å². The normalized spacial score (nSPS) is 12.2. The van der Waals surface area contributed by atoms with Gasteiger partial charge in [-0.2, -0.15) is 0 Å². The predicted molar refractivity (Wildman–Crippen MR) is 82.1 cm³/mol. The van der Waals surface area contributed by atoms with E-state index in [1.54, 1.807) is 45.0 Å². The van der Waals surface area contributed by atoms with Gasteiger partial charge in [-0.25, -0.2) is 9.59 Å². The van der Waals surface area contributed by atoms with Crippen LogP contribution in [-0.4, -0.2) is 37.4 Å². The first-order valence-corrected chi connectivity index (χ1v) is 7.05. The van der Waals surface area contributed by atoms with Gasteiger partial charge < -0.3 is 19.5 Å². The van der Waals surface area contributed by atoms with E-state index in [0.29, 0.717) is 10.8 Å². The van der Waals surface area contributed by atoms with Gasteiger partial charge in [0.1, 0.15) is 18.0 Å². The Balaban J connectivity index is 2.63. The molecule has 122 valence electrons. The summed E-state index contributed by atoms with van der Waals surface area (Å²) < 4.78 is 15.2. The van der Waals surface area contributed by atoms with Crippen molar-refractivity contribution < 1.29 is 23.8 Å². The Morgan fingerprint density at radius 3 is 2.32 bits per heavy atom. The van der Waals surface area contributed by atoms with Gasteiger partial charge in [-0.1, -0.05) is 11.6 Å². The smallest absolute Gasteiger partial charge is 0.408 e. The summed E-state index contributed by atoms with van der Waals surface area (Å²) in [6.07, 6.45) is -0.720. The fourth-order valence-electron chi connectivity index (χ4n) is 1.47. The molecule has 1 N–H and O–H groups in total. The van der Waals surface area contributed by atoms with E-state index in [-0.39, 0.29) is 6.61 Å². The van der Waals surface area contributed by atoms with Crippen LogP contribution in [-0.2, 0) is 14.3 Å². The Labute approximate surface area is 134 Å². The molecule has 0 aliphatic carbocycles. The average molecular weight is 330 g/mol. The average Bonchev–Trinajstić information content (AvgIpc) is 2.42. The molecule has 6 nitrogen and oxygen atoms in total. The number of methoxy groups -OCH3 is 1. The number of carbonyl (C=O) groups excluding carboxylic acids is 2. The number of alkyl carbamates (subject to hydrolysis) is 1. The number of esters is 1. The minimum atomic E-state index is -0.976. The molecule has 0 fully saturated rings. The van der Waals surface area contributed by atoms with Crippen molar-refractivity contribution in [1.29, 1.82) is 0 Å². The topological polar surface area (TPSA) is 73.9 Å². The van der Waals surface area contributed by atoms with Crippen molar-refractivity contribution in [3.8, 4) is 5.75 Å². The van der Waals surface area contributed by atoms with Crippen molar-refractivity contribution in [3.05, 3.63) is 29.3 Å². The van der Waals surface area contributed by atoms with Gasteiger partial charge in [-0.15, -0.1) is 0 Å². The first-order chi connectivity index (χ1) is 10.2. The number of benzene rings is 1. The van der Waals surface area contributed by atoms with Crippen LogP contribution in [0.25, 0.3) is 0 Å².